The first-order chi connectivity index (χ1) is 6.77. The fourth-order valence-electron chi connectivity index (χ4n) is 1.20. The van der Waals surface area contributed by atoms with Gasteiger partial charge in [-0.25, -0.2) is 0 Å². The van der Waals surface area contributed by atoms with E-state index in [1.807, 2.05) is 6.92 Å². The van der Waals surface area contributed by atoms with Gasteiger partial charge in [-0.3, -0.25) is 9.78 Å². The second-order valence-corrected chi connectivity index (χ2v) is 3.03. The first-order valence-corrected chi connectivity index (χ1v) is 4.57. The van der Waals surface area contributed by atoms with E-state index in [-0.39, 0.29) is 17.9 Å². The summed E-state index contributed by atoms with van der Waals surface area (Å²) in [5, 5.41) is 2.82. The minimum absolute atomic E-state index is 0.0936. The Balaban J connectivity index is 2.75. The van der Waals surface area contributed by atoms with Gasteiger partial charge in [0.25, 0.3) is 0 Å². The van der Waals surface area contributed by atoms with Crippen molar-refractivity contribution in [2.24, 2.45) is 5.18 Å². The first kappa shape index (κ1) is 10.5. The molecule has 1 aromatic heterocycles. The van der Waals surface area contributed by atoms with Crippen LogP contribution >= 0.6 is 0 Å². The van der Waals surface area contributed by atoms with Gasteiger partial charge >= 0.3 is 0 Å². The van der Waals surface area contributed by atoms with E-state index in [0.29, 0.717) is 12.1 Å². The highest BCUT2D eigenvalue weighted by atomic mass is 16.3. The summed E-state index contributed by atoms with van der Waals surface area (Å²) >= 11 is 0. The lowest BCUT2D eigenvalue weighted by atomic mass is 10.1. The summed E-state index contributed by atoms with van der Waals surface area (Å²) in [4.78, 5) is 25.6. The average molecular weight is 192 g/mol. The highest BCUT2D eigenvalue weighted by molar-refractivity contribution is 5.81. The van der Waals surface area contributed by atoms with Crippen LogP contribution in [0.5, 0.6) is 0 Å². The molecule has 0 unspecified atom stereocenters. The van der Waals surface area contributed by atoms with Gasteiger partial charge in [-0.2, -0.15) is 0 Å². The van der Waals surface area contributed by atoms with Crippen LogP contribution in [0.2, 0.25) is 0 Å². The Morgan fingerprint density at radius 3 is 3.00 bits per heavy atom. The van der Waals surface area contributed by atoms with E-state index in [4.69, 9.17) is 0 Å². The van der Waals surface area contributed by atoms with Gasteiger partial charge in [-0.15, -0.1) is 4.91 Å². The Kier molecular flexibility index (Phi) is 3.91. The van der Waals surface area contributed by atoms with Crippen LogP contribution in [0.3, 0.4) is 0 Å². The monoisotopic (exact) mass is 192 g/mol. The molecule has 0 amide bonds. The van der Waals surface area contributed by atoms with Gasteiger partial charge < -0.3 is 0 Å². The van der Waals surface area contributed by atoms with Crippen LogP contribution in [-0.4, -0.2) is 10.8 Å². The molecule has 0 aliphatic heterocycles. The molecule has 74 valence electrons. The molecule has 0 aromatic carbocycles. The SMILES string of the molecule is CCCC(=O)Cc1ncccc1N=O. The molecule has 14 heavy (non-hydrogen) atoms. The highest BCUT2D eigenvalue weighted by Gasteiger charge is 2.08. The summed E-state index contributed by atoms with van der Waals surface area (Å²) in [6, 6.07) is 3.19. The van der Waals surface area contributed by atoms with Crippen LogP contribution < -0.4 is 0 Å². The third-order valence-corrected chi connectivity index (χ3v) is 1.86. The van der Waals surface area contributed by atoms with E-state index < -0.39 is 0 Å². The van der Waals surface area contributed by atoms with Crippen LogP contribution in [0, 0.1) is 4.91 Å². The number of rotatable bonds is 5. The van der Waals surface area contributed by atoms with E-state index in [1.54, 1.807) is 18.3 Å². The maximum absolute atomic E-state index is 11.3. The average Bonchev–Trinajstić information content (AvgIpc) is 2.19. The van der Waals surface area contributed by atoms with Crippen molar-refractivity contribution in [1.82, 2.24) is 4.98 Å². The van der Waals surface area contributed by atoms with Gasteiger partial charge in [0.05, 0.1) is 12.1 Å². The highest BCUT2D eigenvalue weighted by Crippen LogP contribution is 2.16. The molecule has 1 aromatic rings. The molecule has 0 saturated heterocycles. The molecular weight excluding hydrogens is 180 g/mol. The molecule has 4 nitrogen and oxygen atoms in total. The second-order valence-electron chi connectivity index (χ2n) is 3.03. The molecule has 1 rings (SSSR count). The molecule has 4 heteroatoms. The van der Waals surface area contributed by atoms with Gasteiger partial charge in [0.2, 0.25) is 0 Å². The van der Waals surface area contributed by atoms with Gasteiger partial charge in [-0.1, -0.05) is 6.92 Å². The first-order valence-electron chi connectivity index (χ1n) is 4.57. The third-order valence-electron chi connectivity index (χ3n) is 1.86. The topological polar surface area (TPSA) is 59.4 Å². The van der Waals surface area contributed by atoms with Crippen molar-refractivity contribution in [3.8, 4) is 0 Å². The zero-order valence-electron chi connectivity index (χ0n) is 8.06. The maximum Gasteiger partial charge on any atom is 0.138 e. The number of ketones is 1. The number of nitroso groups, excluding NO2 is 1. The fraction of sp³-hybridized carbons (Fsp3) is 0.400. The summed E-state index contributed by atoms with van der Waals surface area (Å²) in [5.74, 6) is 0.0936. The molecule has 0 atom stereocenters. The number of nitrogens with zero attached hydrogens (tertiary/aromatic N) is 2. The molecule has 0 aliphatic carbocycles. The Labute approximate surface area is 82.3 Å². The summed E-state index contributed by atoms with van der Waals surface area (Å²) in [7, 11) is 0. The number of Topliss-reactive ketones (excluding diaryl/α,β-unsaturated/α-hetero) is 1. The van der Waals surface area contributed by atoms with Crippen molar-refractivity contribution in [1.29, 1.82) is 0 Å². The normalized spacial score (nSPS) is 9.79. The summed E-state index contributed by atoms with van der Waals surface area (Å²) in [6.45, 7) is 1.94. The minimum Gasteiger partial charge on any atom is -0.299 e. The molecular formula is C10H12N2O2. The summed E-state index contributed by atoms with van der Waals surface area (Å²) < 4.78 is 0. The van der Waals surface area contributed by atoms with Crippen molar-refractivity contribution in [3.63, 3.8) is 0 Å². The van der Waals surface area contributed by atoms with E-state index in [9.17, 15) is 9.70 Å². The van der Waals surface area contributed by atoms with E-state index in [2.05, 4.69) is 10.2 Å². The van der Waals surface area contributed by atoms with Crippen LogP contribution in [0.4, 0.5) is 5.69 Å². The zero-order chi connectivity index (χ0) is 10.4. The largest absolute Gasteiger partial charge is 0.299 e. The zero-order valence-corrected chi connectivity index (χ0v) is 8.06. The van der Waals surface area contributed by atoms with E-state index >= 15 is 0 Å². The minimum atomic E-state index is 0.0936. The Bertz CT molecular complexity index is 337. The van der Waals surface area contributed by atoms with Gasteiger partial charge in [0.15, 0.2) is 0 Å². The van der Waals surface area contributed by atoms with Crippen molar-refractivity contribution >= 4 is 11.5 Å². The van der Waals surface area contributed by atoms with Gasteiger partial charge in [0.1, 0.15) is 11.5 Å². The molecule has 0 saturated carbocycles. The van der Waals surface area contributed by atoms with Crippen molar-refractivity contribution in [2.75, 3.05) is 0 Å². The fourth-order valence-corrected chi connectivity index (χ4v) is 1.20. The lowest BCUT2D eigenvalue weighted by molar-refractivity contribution is -0.118. The van der Waals surface area contributed by atoms with E-state index in [1.165, 1.54) is 0 Å². The van der Waals surface area contributed by atoms with Gasteiger partial charge in [-0.05, 0) is 23.7 Å². The Morgan fingerprint density at radius 1 is 1.57 bits per heavy atom. The van der Waals surface area contributed by atoms with Crippen molar-refractivity contribution in [3.05, 3.63) is 28.9 Å². The number of carbonyl (C=O) groups is 1. The number of hydrogen-bond acceptors (Lipinski definition) is 4. The van der Waals surface area contributed by atoms with Gasteiger partial charge in [0, 0.05) is 12.6 Å². The number of carbonyl (C=O) groups excluding carboxylic acids is 1. The number of aromatic nitrogens is 1. The Morgan fingerprint density at radius 2 is 2.36 bits per heavy atom. The molecule has 0 bridgehead atoms. The van der Waals surface area contributed by atoms with Crippen molar-refractivity contribution < 1.29 is 4.79 Å². The van der Waals surface area contributed by atoms with Crippen LogP contribution in [0.1, 0.15) is 25.5 Å². The summed E-state index contributed by atoms with van der Waals surface area (Å²) in [5.41, 5.74) is 0.734. The van der Waals surface area contributed by atoms with E-state index in [0.717, 1.165) is 6.42 Å². The number of pyridine rings is 1. The smallest absolute Gasteiger partial charge is 0.138 e. The Hall–Kier alpha value is -1.58. The predicted octanol–water partition coefficient (Wildman–Crippen LogP) is 2.39. The summed E-state index contributed by atoms with van der Waals surface area (Å²) in [6.07, 6.45) is 3.10. The lowest BCUT2D eigenvalue weighted by Gasteiger charge is -2.00. The third kappa shape index (κ3) is 2.73. The molecule has 0 radical (unpaired) electrons. The van der Waals surface area contributed by atoms with Crippen LogP contribution in [0.25, 0.3) is 0 Å². The quantitative estimate of drug-likeness (QED) is 0.673. The predicted molar refractivity (Wildman–Crippen MR) is 53.3 cm³/mol. The second kappa shape index (κ2) is 5.21. The number of hydrogen-bond donors (Lipinski definition) is 0. The van der Waals surface area contributed by atoms with Crippen LogP contribution in [-0.2, 0) is 11.2 Å². The molecule has 1 heterocycles. The van der Waals surface area contributed by atoms with Crippen molar-refractivity contribution in [2.45, 2.75) is 26.2 Å². The molecule has 0 aliphatic rings. The van der Waals surface area contributed by atoms with Crippen LogP contribution in [0.15, 0.2) is 23.5 Å². The molecule has 0 fully saturated rings. The standard InChI is InChI=1S/C10H12N2O2/c1-2-4-8(13)7-10-9(12-14)5-3-6-11-10/h3,5-6H,2,4,7H2,1H3. The molecule has 0 spiro atoms. The lowest BCUT2D eigenvalue weighted by Crippen LogP contribution is -2.03. The maximum atomic E-state index is 11.3. The molecule has 0 N–H and O–H groups in total.